The number of nitrogens with zero attached hydrogens (tertiary/aromatic N) is 2. The van der Waals surface area contributed by atoms with Crippen molar-refractivity contribution in [3.63, 3.8) is 0 Å². The Hall–Kier alpha value is -2.17. The zero-order valence-corrected chi connectivity index (χ0v) is 12.0. The number of aryl methyl sites for hydroxylation is 2. The maximum Gasteiger partial charge on any atom is 0.254 e. The number of hydrogen-bond donors (Lipinski definition) is 1. The van der Waals surface area contributed by atoms with E-state index in [1.165, 1.54) is 0 Å². The molecule has 4 rings (SSSR count). The lowest BCUT2D eigenvalue weighted by Gasteiger charge is -2.13. The maximum absolute atomic E-state index is 12.4. The number of hydrogen-bond acceptors (Lipinski definition) is 3. The molecular formula is C16H17N3O2. The smallest absolute Gasteiger partial charge is 0.254 e. The first-order chi connectivity index (χ1) is 10.1. The molecule has 0 radical (unpaired) electrons. The zero-order chi connectivity index (χ0) is 14.7. The van der Waals surface area contributed by atoms with Gasteiger partial charge in [0.05, 0.1) is 18.1 Å². The minimum absolute atomic E-state index is 0.136. The fraction of sp³-hybridized carbons (Fsp3) is 0.438. The van der Waals surface area contributed by atoms with Crippen LogP contribution in [0.3, 0.4) is 0 Å². The summed E-state index contributed by atoms with van der Waals surface area (Å²) in [6, 6.07) is 1.95. The quantitative estimate of drug-likeness (QED) is 0.511. The molecule has 0 aromatic carbocycles. The van der Waals surface area contributed by atoms with Crippen LogP contribution in [0, 0.1) is 37.5 Å². The first-order valence-corrected chi connectivity index (χ1v) is 7.32. The summed E-state index contributed by atoms with van der Waals surface area (Å²) in [7, 11) is 0. The van der Waals surface area contributed by atoms with Crippen molar-refractivity contribution in [2.75, 3.05) is 0 Å². The van der Waals surface area contributed by atoms with Crippen molar-refractivity contribution in [1.82, 2.24) is 9.99 Å². The number of nitrogens with one attached hydrogen (secondary N) is 1. The van der Waals surface area contributed by atoms with Gasteiger partial charge in [0, 0.05) is 17.0 Å². The van der Waals surface area contributed by atoms with Crippen LogP contribution >= 0.6 is 0 Å². The molecule has 21 heavy (non-hydrogen) atoms. The second-order valence-corrected chi connectivity index (χ2v) is 6.27. The summed E-state index contributed by atoms with van der Waals surface area (Å²) in [5.41, 5.74) is 2.93. The lowest BCUT2D eigenvalue weighted by Crippen LogP contribution is -2.28. The van der Waals surface area contributed by atoms with E-state index in [0.29, 0.717) is 0 Å². The Morgan fingerprint density at radius 2 is 1.81 bits per heavy atom. The van der Waals surface area contributed by atoms with Gasteiger partial charge >= 0.3 is 0 Å². The highest BCUT2D eigenvalue weighted by Crippen LogP contribution is 2.52. The molecule has 1 saturated carbocycles. The molecule has 2 fully saturated rings. The summed E-state index contributed by atoms with van der Waals surface area (Å²) in [4.78, 5) is 28.1. The number of H-pyrrole nitrogens is 1. The average Bonchev–Trinajstić information content (AvgIpc) is 3.15. The number of fused-ring (bicyclic) bond motifs is 5. The number of aromatic amines is 1. The van der Waals surface area contributed by atoms with E-state index in [4.69, 9.17) is 0 Å². The number of amides is 2. The summed E-state index contributed by atoms with van der Waals surface area (Å²) < 4.78 is 0. The molecule has 2 bridgehead atoms. The molecular weight excluding hydrogens is 266 g/mol. The molecule has 108 valence electrons. The van der Waals surface area contributed by atoms with E-state index in [1.54, 1.807) is 6.21 Å². The minimum Gasteiger partial charge on any atom is -0.362 e. The standard InChI is InChI=1S/C16H17N3O2/c1-8-5-12(9(2)18-8)7-17-19-15(20)13-10-3-4-11(6-10)14(13)16(19)21/h3-5,7,10-11,13-14,18H,6H2,1-2H3. The van der Waals surface area contributed by atoms with Gasteiger partial charge < -0.3 is 4.98 Å². The second kappa shape index (κ2) is 4.16. The van der Waals surface area contributed by atoms with E-state index in [9.17, 15) is 9.59 Å². The Kier molecular flexibility index (Phi) is 2.49. The van der Waals surface area contributed by atoms with E-state index in [-0.39, 0.29) is 35.5 Å². The van der Waals surface area contributed by atoms with Gasteiger partial charge in [0.15, 0.2) is 0 Å². The molecule has 0 spiro atoms. The fourth-order valence-electron chi connectivity index (χ4n) is 4.00. The Morgan fingerprint density at radius 3 is 2.33 bits per heavy atom. The van der Waals surface area contributed by atoms with E-state index in [1.807, 2.05) is 19.9 Å². The molecule has 4 unspecified atom stereocenters. The van der Waals surface area contributed by atoms with Crippen molar-refractivity contribution >= 4 is 18.0 Å². The molecule has 2 amide bonds. The van der Waals surface area contributed by atoms with Crippen molar-refractivity contribution in [2.45, 2.75) is 20.3 Å². The third-order valence-corrected chi connectivity index (χ3v) is 4.95. The van der Waals surface area contributed by atoms with Crippen LogP contribution in [0.25, 0.3) is 0 Å². The third-order valence-electron chi connectivity index (χ3n) is 4.95. The highest BCUT2D eigenvalue weighted by molar-refractivity contribution is 6.06. The normalized spacial score (nSPS) is 33.7. The molecule has 1 saturated heterocycles. The molecule has 5 nitrogen and oxygen atoms in total. The van der Waals surface area contributed by atoms with Crippen LogP contribution in [-0.2, 0) is 9.59 Å². The maximum atomic E-state index is 12.4. The van der Waals surface area contributed by atoms with Gasteiger partial charge in [-0.05, 0) is 38.2 Å². The van der Waals surface area contributed by atoms with Gasteiger partial charge in [-0.1, -0.05) is 12.2 Å². The number of rotatable bonds is 2. The SMILES string of the molecule is Cc1cc(C=NN2C(=O)C3C4C=CC(C4)C3C2=O)c(C)[nH]1. The first-order valence-electron chi connectivity index (χ1n) is 7.32. The number of aromatic nitrogens is 1. The van der Waals surface area contributed by atoms with Crippen molar-refractivity contribution in [3.05, 3.63) is 35.2 Å². The summed E-state index contributed by atoms with van der Waals surface area (Å²) >= 11 is 0. The van der Waals surface area contributed by atoms with E-state index in [2.05, 4.69) is 22.2 Å². The minimum atomic E-state index is -0.182. The lowest BCUT2D eigenvalue weighted by molar-refractivity contribution is -0.140. The van der Waals surface area contributed by atoms with Crippen LogP contribution in [0.1, 0.15) is 23.4 Å². The van der Waals surface area contributed by atoms with Gasteiger partial charge in [-0.25, -0.2) is 0 Å². The molecule has 1 N–H and O–H groups in total. The van der Waals surface area contributed by atoms with Crippen LogP contribution in [0.4, 0.5) is 0 Å². The number of allylic oxidation sites excluding steroid dienone is 2. The molecule has 2 heterocycles. The molecule has 4 atom stereocenters. The number of hydrazone groups is 1. The number of carbonyl (C=O) groups excluding carboxylic acids is 2. The van der Waals surface area contributed by atoms with Crippen LogP contribution < -0.4 is 0 Å². The van der Waals surface area contributed by atoms with Crippen molar-refractivity contribution in [2.24, 2.45) is 28.8 Å². The summed E-state index contributed by atoms with van der Waals surface area (Å²) in [5.74, 6) is -0.177. The van der Waals surface area contributed by atoms with E-state index in [0.717, 1.165) is 28.4 Å². The van der Waals surface area contributed by atoms with Gasteiger partial charge in [0.2, 0.25) is 0 Å². The van der Waals surface area contributed by atoms with Crippen molar-refractivity contribution in [1.29, 1.82) is 0 Å². The monoisotopic (exact) mass is 283 g/mol. The molecule has 1 aromatic rings. The number of imide groups is 1. The summed E-state index contributed by atoms with van der Waals surface area (Å²) in [6.07, 6.45) is 6.72. The fourth-order valence-corrected chi connectivity index (χ4v) is 4.00. The molecule has 3 aliphatic rings. The van der Waals surface area contributed by atoms with Crippen LogP contribution in [0.5, 0.6) is 0 Å². The zero-order valence-electron chi connectivity index (χ0n) is 12.0. The second-order valence-electron chi connectivity index (χ2n) is 6.27. The van der Waals surface area contributed by atoms with Crippen LogP contribution in [0.15, 0.2) is 23.3 Å². The van der Waals surface area contributed by atoms with Gasteiger partial charge in [0.25, 0.3) is 11.8 Å². The Balaban J connectivity index is 1.61. The molecule has 2 aliphatic carbocycles. The third kappa shape index (κ3) is 1.66. The van der Waals surface area contributed by atoms with Crippen molar-refractivity contribution < 1.29 is 9.59 Å². The average molecular weight is 283 g/mol. The molecule has 5 heteroatoms. The van der Waals surface area contributed by atoms with Crippen LogP contribution in [0.2, 0.25) is 0 Å². The van der Waals surface area contributed by atoms with Gasteiger partial charge in [-0.2, -0.15) is 10.1 Å². The number of carbonyl (C=O) groups is 2. The van der Waals surface area contributed by atoms with E-state index < -0.39 is 0 Å². The van der Waals surface area contributed by atoms with Gasteiger partial charge in [0.1, 0.15) is 0 Å². The first kappa shape index (κ1) is 12.6. The predicted octanol–water partition coefficient (Wildman–Crippen LogP) is 1.77. The van der Waals surface area contributed by atoms with E-state index >= 15 is 0 Å². The van der Waals surface area contributed by atoms with Crippen molar-refractivity contribution in [3.8, 4) is 0 Å². The highest BCUT2D eigenvalue weighted by Gasteiger charge is 2.59. The predicted molar refractivity (Wildman–Crippen MR) is 77.4 cm³/mol. The Labute approximate surface area is 122 Å². The Morgan fingerprint density at radius 1 is 1.19 bits per heavy atom. The highest BCUT2D eigenvalue weighted by atomic mass is 16.2. The van der Waals surface area contributed by atoms with Crippen LogP contribution in [-0.4, -0.2) is 28.0 Å². The molecule has 1 aromatic heterocycles. The lowest BCUT2D eigenvalue weighted by atomic mass is 9.85. The van der Waals surface area contributed by atoms with Gasteiger partial charge in [-0.3, -0.25) is 9.59 Å². The van der Waals surface area contributed by atoms with Gasteiger partial charge in [-0.15, -0.1) is 0 Å². The topological polar surface area (TPSA) is 65.5 Å². The summed E-state index contributed by atoms with van der Waals surface area (Å²) in [5, 5.41) is 5.26. The Bertz CT molecular complexity index is 670. The largest absolute Gasteiger partial charge is 0.362 e. The summed E-state index contributed by atoms with van der Waals surface area (Å²) in [6.45, 7) is 3.91. The molecule has 1 aliphatic heterocycles.